The number of pyridine rings is 1. The van der Waals surface area contributed by atoms with E-state index >= 15 is 0 Å². The fourth-order valence-corrected chi connectivity index (χ4v) is 4.65. The van der Waals surface area contributed by atoms with Crippen LogP contribution in [0.25, 0.3) is 0 Å². The lowest BCUT2D eigenvalue weighted by Gasteiger charge is -2.20. The molecule has 1 aliphatic heterocycles. The van der Waals surface area contributed by atoms with Crippen LogP contribution in [0.1, 0.15) is 48.0 Å². The predicted octanol–water partition coefficient (Wildman–Crippen LogP) is 4.59. The third-order valence-electron chi connectivity index (χ3n) is 4.76. The van der Waals surface area contributed by atoms with Crippen LogP contribution in [0.5, 0.6) is 0 Å². The average Bonchev–Trinajstić information content (AvgIpc) is 2.82. The number of nitrogens with zero attached hydrogens (tertiary/aromatic N) is 2. The molecule has 0 radical (unpaired) electrons. The molecule has 2 heterocycles. The number of benzene rings is 1. The van der Waals surface area contributed by atoms with E-state index in [1.807, 2.05) is 39.0 Å². The van der Waals surface area contributed by atoms with E-state index in [9.17, 15) is 4.79 Å². The summed E-state index contributed by atoms with van der Waals surface area (Å²) in [5.74, 6) is 0.632. The Hall–Kier alpha value is -1.56. The summed E-state index contributed by atoms with van der Waals surface area (Å²) in [6.45, 7) is 8.03. The van der Waals surface area contributed by atoms with Crippen LogP contribution >= 0.6 is 23.4 Å². The maximum atomic E-state index is 12.2. The second kappa shape index (κ2) is 8.85. The minimum Gasteiger partial charge on any atom is -0.347 e. The Morgan fingerprint density at radius 1 is 1.21 bits per heavy atom. The highest BCUT2D eigenvalue weighted by atomic mass is 35.5. The molecule has 28 heavy (non-hydrogen) atoms. The lowest BCUT2D eigenvalue weighted by molar-refractivity contribution is 0.0919. The molecule has 0 unspecified atom stereocenters. The molecule has 0 bridgehead atoms. The molecule has 2 aromatic rings. The highest BCUT2D eigenvalue weighted by Crippen LogP contribution is 2.36. The smallest absolute Gasteiger partial charge is 0.253 e. The Morgan fingerprint density at radius 2 is 1.96 bits per heavy atom. The normalized spacial score (nSPS) is 15.0. The van der Waals surface area contributed by atoms with Crippen LogP contribution in [0.3, 0.4) is 0 Å². The quantitative estimate of drug-likeness (QED) is 0.739. The number of hydrogen-bond donors (Lipinski definition) is 1. The monoisotopic (exact) mass is 417 g/mol. The number of aromatic nitrogens is 1. The van der Waals surface area contributed by atoms with Gasteiger partial charge in [0.25, 0.3) is 5.91 Å². The van der Waals surface area contributed by atoms with E-state index in [4.69, 9.17) is 11.6 Å². The van der Waals surface area contributed by atoms with Gasteiger partial charge < -0.3 is 10.2 Å². The lowest BCUT2D eigenvalue weighted by atomic mass is 10.0. The van der Waals surface area contributed by atoms with Crippen LogP contribution in [0.4, 0.5) is 0 Å². The first kappa shape index (κ1) is 21.2. The number of carbonyl (C=O) groups is 1. The van der Waals surface area contributed by atoms with Crippen molar-refractivity contribution in [2.45, 2.75) is 49.8 Å². The molecule has 1 N–H and O–H groups in total. The van der Waals surface area contributed by atoms with Gasteiger partial charge in [-0.2, -0.15) is 0 Å². The SMILES string of the molecule is CN1CCc2ccc(Cl)c(SCc3ccc(C(=O)NC(C)(C)C)cn3)c2CC1. The third-order valence-corrected chi connectivity index (χ3v) is 6.38. The van der Waals surface area contributed by atoms with Gasteiger partial charge in [0.1, 0.15) is 0 Å². The highest BCUT2D eigenvalue weighted by Gasteiger charge is 2.18. The van der Waals surface area contributed by atoms with Gasteiger partial charge in [0, 0.05) is 35.5 Å². The van der Waals surface area contributed by atoms with Gasteiger partial charge >= 0.3 is 0 Å². The van der Waals surface area contributed by atoms with Crippen LogP contribution in [0, 0.1) is 0 Å². The van der Waals surface area contributed by atoms with Gasteiger partial charge in [0.15, 0.2) is 0 Å². The van der Waals surface area contributed by atoms with Gasteiger partial charge in [0.2, 0.25) is 0 Å². The summed E-state index contributed by atoms with van der Waals surface area (Å²) < 4.78 is 0. The molecule has 0 saturated carbocycles. The molecule has 1 aromatic heterocycles. The summed E-state index contributed by atoms with van der Waals surface area (Å²) in [7, 11) is 2.17. The largest absolute Gasteiger partial charge is 0.347 e. The van der Waals surface area contributed by atoms with Crippen molar-refractivity contribution < 1.29 is 4.79 Å². The summed E-state index contributed by atoms with van der Waals surface area (Å²) >= 11 is 8.27. The zero-order chi connectivity index (χ0) is 20.3. The van der Waals surface area contributed by atoms with E-state index in [1.165, 1.54) is 16.0 Å². The van der Waals surface area contributed by atoms with Crippen LogP contribution in [0.15, 0.2) is 35.4 Å². The first-order valence-electron chi connectivity index (χ1n) is 9.62. The van der Waals surface area contributed by atoms with E-state index in [1.54, 1.807) is 18.0 Å². The Balaban J connectivity index is 1.70. The van der Waals surface area contributed by atoms with E-state index in [0.717, 1.165) is 42.4 Å². The molecule has 4 nitrogen and oxygen atoms in total. The number of nitrogens with one attached hydrogen (secondary N) is 1. The predicted molar refractivity (Wildman–Crippen MR) is 117 cm³/mol. The second-order valence-electron chi connectivity index (χ2n) is 8.35. The van der Waals surface area contributed by atoms with Crippen molar-refractivity contribution in [3.05, 3.63) is 57.9 Å². The van der Waals surface area contributed by atoms with Crippen molar-refractivity contribution >= 4 is 29.3 Å². The topological polar surface area (TPSA) is 45.2 Å². The molecule has 0 fully saturated rings. The fraction of sp³-hybridized carbons (Fsp3) is 0.455. The van der Waals surface area contributed by atoms with E-state index < -0.39 is 0 Å². The van der Waals surface area contributed by atoms with Crippen molar-refractivity contribution in [1.29, 1.82) is 0 Å². The molecule has 150 valence electrons. The van der Waals surface area contributed by atoms with Gasteiger partial charge in [-0.25, -0.2) is 0 Å². The molecule has 0 atom stereocenters. The summed E-state index contributed by atoms with van der Waals surface area (Å²) in [6, 6.07) is 7.95. The zero-order valence-corrected chi connectivity index (χ0v) is 18.6. The zero-order valence-electron chi connectivity index (χ0n) is 17.0. The van der Waals surface area contributed by atoms with Crippen LogP contribution in [-0.2, 0) is 18.6 Å². The van der Waals surface area contributed by atoms with Gasteiger partial charge in [-0.15, -0.1) is 11.8 Å². The Morgan fingerprint density at radius 3 is 2.64 bits per heavy atom. The molecular formula is C22H28ClN3OS. The molecule has 0 saturated heterocycles. The number of carbonyl (C=O) groups excluding carboxylic acids is 1. The van der Waals surface area contributed by atoms with E-state index in [2.05, 4.69) is 28.3 Å². The standard InChI is InChI=1S/C22H28ClN3OS/c1-22(2,3)25-21(27)16-5-7-17(24-13-16)14-28-20-18-10-12-26(4)11-9-15(18)6-8-19(20)23/h5-8,13H,9-12,14H2,1-4H3,(H,25,27). The Kier molecular flexibility index (Phi) is 6.69. The number of amides is 1. The maximum absolute atomic E-state index is 12.2. The van der Waals surface area contributed by atoms with Gasteiger partial charge in [0.05, 0.1) is 16.3 Å². The minimum atomic E-state index is -0.262. The summed E-state index contributed by atoms with van der Waals surface area (Å²) in [5, 5.41) is 3.77. The van der Waals surface area contributed by atoms with Gasteiger partial charge in [-0.3, -0.25) is 9.78 Å². The number of halogens is 1. The first-order chi connectivity index (χ1) is 13.2. The number of fused-ring (bicyclic) bond motifs is 1. The highest BCUT2D eigenvalue weighted by molar-refractivity contribution is 7.98. The van der Waals surface area contributed by atoms with Gasteiger partial charge in [-0.1, -0.05) is 17.7 Å². The summed E-state index contributed by atoms with van der Waals surface area (Å²) in [4.78, 5) is 20.3. The third kappa shape index (κ3) is 5.49. The first-order valence-corrected chi connectivity index (χ1v) is 11.0. The second-order valence-corrected chi connectivity index (χ2v) is 9.74. The summed E-state index contributed by atoms with van der Waals surface area (Å²) in [5.41, 5.74) is 4.04. The Bertz CT molecular complexity index is 846. The van der Waals surface area contributed by atoms with Crippen molar-refractivity contribution in [3.8, 4) is 0 Å². The molecule has 0 spiro atoms. The molecule has 1 aliphatic rings. The molecule has 6 heteroatoms. The molecule has 0 aliphatic carbocycles. The number of likely N-dealkylation sites (N-methyl/N-ethyl adjacent to an activating group) is 1. The minimum absolute atomic E-state index is 0.0975. The molecule has 3 rings (SSSR count). The van der Waals surface area contributed by atoms with Gasteiger partial charge in [-0.05, 0) is 70.0 Å². The Labute approximate surface area is 177 Å². The van der Waals surface area contributed by atoms with E-state index in [-0.39, 0.29) is 11.4 Å². The van der Waals surface area contributed by atoms with E-state index in [0.29, 0.717) is 5.56 Å². The number of hydrogen-bond acceptors (Lipinski definition) is 4. The van der Waals surface area contributed by atoms with Crippen LogP contribution in [0.2, 0.25) is 5.02 Å². The molecule has 1 amide bonds. The summed E-state index contributed by atoms with van der Waals surface area (Å²) in [6.07, 6.45) is 3.74. The lowest BCUT2D eigenvalue weighted by Crippen LogP contribution is -2.40. The van der Waals surface area contributed by atoms with Crippen molar-refractivity contribution in [2.75, 3.05) is 20.1 Å². The fourth-order valence-electron chi connectivity index (χ4n) is 3.23. The number of rotatable bonds is 4. The average molecular weight is 418 g/mol. The van der Waals surface area contributed by atoms with Crippen molar-refractivity contribution in [1.82, 2.24) is 15.2 Å². The van der Waals surface area contributed by atoms with Crippen molar-refractivity contribution in [2.24, 2.45) is 0 Å². The van der Waals surface area contributed by atoms with Crippen LogP contribution in [-0.4, -0.2) is 41.5 Å². The molecular weight excluding hydrogens is 390 g/mol. The number of thioether (sulfide) groups is 1. The van der Waals surface area contributed by atoms with Crippen molar-refractivity contribution in [3.63, 3.8) is 0 Å². The maximum Gasteiger partial charge on any atom is 0.253 e. The van der Waals surface area contributed by atoms with Crippen LogP contribution < -0.4 is 5.32 Å². The molecule has 1 aromatic carbocycles.